The van der Waals surface area contributed by atoms with Crippen molar-refractivity contribution in [2.24, 2.45) is 7.05 Å². The van der Waals surface area contributed by atoms with Crippen LogP contribution in [-0.4, -0.2) is 59.5 Å². The summed E-state index contributed by atoms with van der Waals surface area (Å²) >= 11 is 0. The minimum absolute atomic E-state index is 0.163. The molecule has 0 radical (unpaired) electrons. The average molecular weight is 380 g/mol. The highest BCUT2D eigenvalue weighted by atomic mass is 16.5. The number of carbonyl (C=O) groups excluding carboxylic acids is 3. The number of carbonyl (C=O) groups is 3. The van der Waals surface area contributed by atoms with E-state index >= 15 is 0 Å². The van der Waals surface area contributed by atoms with E-state index in [0.717, 1.165) is 0 Å². The minimum Gasteiger partial charge on any atom is -0.461 e. The van der Waals surface area contributed by atoms with Crippen molar-refractivity contribution in [2.75, 3.05) is 26.4 Å². The van der Waals surface area contributed by atoms with E-state index in [0.29, 0.717) is 48.7 Å². The highest BCUT2D eigenvalue weighted by Gasteiger charge is 2.31. The number of hydrogen-bond acceptors (Lipinski definition) is 5. The molecule has 1 aromatic rings. The summed E-state index contributed by atoms with van der Waals surface area (Å²) in [7, 11) is 1.74. The van der Waals surface area contributed by atoms with Crippen LogP contribution in [0.1, 0.15) is 66.2 Å². The molecule has 1 heterocycles. The Balaban J connectivity index is 3.13. The Morgan fingerprint density at radius 3 is 2.30 bits per heavy atom. The first-order valence-corrected chi connectivity index (χ1v) is 9.41. The lowest BCUT2D eigenvalue weighted by Crippen LogP contribution is -2.43. The Bertz CT molecular complexity index is 693. The van der Waals surface area contributed by atoms with Crippen molar-refractivity contribution in [3.63, 3.8) is 0 Å². The fourth-order valence-electron chi connectivity index (χ4n) is 3.28. The molecule has 0 aliphatic carbocycles. The zero-order valence-corrected chi connectivity index (χ0v) is 17.5. The van der Waals surface area contributed by atoms with Crippen molar-refractivity contribution in [2.45, 2.75) is 54.0 Å². The third-order valence-electron chi connectivity index (χ3n) is 4.79. The summed E-state index contributed by atoms with van der Waals surface area (Å²) < 4.78 is 12.1. The third kappa shape index (κ3) is 5.19. The molecule has 0 aliphatic heterocycles. The van der Waals surface area contributed by atoms with Gasteiger partial charge in [-0.05, 0) is 46.6 Å². The predicted molar refractivity (Wildman–Crippen MR) is 103 cm³/mol. The molecule has 0 spiro atoms. The molecule has 7 nitrogen and oxygen atoms in total. The fourth-order valence-corrected chi connectivity index (χ4v) is 3.28. The second-order valence-electron chi connectivity index (χ2n) is 6.52. The van der Waals surface area contributed by atoms with E-state index in [4.69, 9.17) is 9.47 Å². The van der Waals surface area contributed by atoms with Crippen molar-refractivity contribution in [1.29, 1.82) is 0 Å². The van der Waals surface area contributed by atoms with Crippen LogP contribution in [-0.2, 0) is 21.3 Å². The molecule has 1 atom stereocenters. The molecule has 27 heavy (non-hydrogen) atoms. The van der Waals surface area contributed by atoms with Gasteiger partial charge in [-0.3, -0.25) is 9.59 Å². The van der Waals surface area contributed by atoms with Gasteiger partial charge in [0.1, 0.15) is 5.69 Å². The topological polar surface area (TPSA) is 77.8 Å². The van der Waals surface area contributed by atoms with Crippen molar-refractivity contribution in [3.05, 3.63) is 22.5 Å². The highest BCUT2D eigenvalue weighted by Crippen LogP contribution is 2.24. The number of ether oxygens (including phenoxy) is 2. The lowest BCUT2D eigenvalue weighted by molar-refractivity contribution is -0.130. The quantitative estimate of drug-likeness (QED) is 0.354. The molecule has 7 heteroatoms. The molecule has 1 amide bonds. The van der Waals surface area contributed by atoms with Gasteiger partial charge in [-0.25, -0.2) is 4.79 Å². The van der Waals surface area contributed by atoms with Gasteiger partial charge in [0, 0.05) is 45.0 Å². The summed E-state index contributed by atoms with van der Waals surface area (Å²) in [6.07, 6.45) is 0.659. The molecule has 0 saturated carbocycles. The number of amides is 1. The SMILES string of the molecule is CCOCCCN(C(C)=O)C(C)C(=O)c1c(C)c(C(=O)OCC)n(C)c1C. The van der Waals surface area contributed by atoms with Crippen molar-refractivity contribution in [3.8, 4) is 0 Å². The lowest BCUT2D eigenvalue weighted by atomic mass is 9.99. The summed E-state index contributed by atoms with van der Waals surface area (Å²) in [5, 5.41) is 0. The molecule has 0 aromatic carbocycles. The average Bonchev–Trinajstić information content (AvgIpc) is 2.83. The number of ketones is 1. The number of esters is 1. The smallest absolute Gasteiger partial charge is 0.355 e. The largest absolute Gasteiger partial charge is 0.461 e. The fraction of sp³-hybridized carbons (Fsp3) is 0.650. The molecular weight excluding hydrogens is 348 g/mol. The summed E-state index contributed by atoms with van der Waals surface area (Å²) in [6.45, 7) is 12.2. The van der Waals surface area contributed by atoms with Crippen molar-refractivity contribution in [1.82, 2.24) is 9.47 Å². The van der Waals surface area contributed by atoms with Gasteiger partial charge in [-0.1, -0.05) is 0 Å². The van der Waals surface area contributed by atoms with Crippen LogP contribution >= 0.6 is 0 Å². The van der Waals surface area contributed by atoms with Gasteiger partial charge in [0.25, 0.3) is 0 Å². The van der Waals surface area contributed by atoms with E-state index in [1.807, 2.05) is 6.92 Å². The maximum Gasteiger partial charge on any atom is 0.355 e. The Kier molecular flexibility index (Phi) is 8.69. The van der Waals surface area contributed by atoms with Crippen LogP contribution < -0.4 is 0 Å². The molecule has 152 valence electrons. The van der Waals surface area contributed by atoms with Crippen LogP contribution in [0.2, 0.25) is 0 Å². The van der Waals surface area contributed by atoms with Gasteiger partial charge in [0.2, 0.25) is 5.91 Å². The maximum atomic E-state index is 13.2. The Labute approximate surface area is 161 Å². The van der Waals surface area contributed by atoms with E-state index < -0.39 is 12.0 Å². The van der Waals surface area contributed by atoms with Gasteiger partial charge in [-0.15, -0.1) is 0 Å². The summed E-state index contributed by atoms with van der Waals surface area (Å²) in [4.78, 5) is 39.1. The molecule has 1 rings (SSSR count). The van der Waals surface area contributed by atoms with Crippen LogP contribution in [0.25, 0.3) is 0 Å². The highest BCUT2D eigenvalue weighted by molar-refractivity contribution is 6.06. The third-order valence-corrected chi connectivity index (χ3v) is 4.79. The first kappa shape index (κ1) is 22.9. The van der Waals surface area contributed by atoms with E-state index in [2.05, 4.69) is 0 Å². The van der Waals surface area contributed by atoms with Crippen molar-refractivity contribution < 1.29 is 23.9 Å². The van der Waals surface area contributed by atoms with E-state index in [1.165, 1.54) is 6.92 Å². The van der Waals surface area contributed by atoms with Crippen molar-refractivity contribution >= 4 is 17.7 Å². The predicted octanol–water partition coefficient (Wildman–Crippen LogP) is 2.66. The number of hydrogen-bond donors (Lipinski definition) is 0. The second kappa shape index (κ2) is 10.3. The summed E-state index contributed by atoms with van der Waals surface area (Å²) in [6, 6.07) is -0.626. The van der Waals surface area contributed by atoms with E-state index in [1.54, 1.807) is 44.2 Å². The van der Waals surface area contributed by atoms with Crippen LogP contribution in [0.15, 0.2) is 0 Å². The van der Waals surface area contributed by atoms with Crippen LogP contribution in [0.5, 0.6) is 0 Å². The molecule has 1 unspecified atom stereocenters. The Hall–Kier alpha value is -2.15. The van der Waals surface area contributed by atoms with Gasteiger partial charge in [0.05, 0.1) is 12.6 Å². The van der Waals surface area contributed by atoms with Crippen LogP contribution in [0.4, 0.5) is 0 Å². The standard InChI is InChI=1S/C20H32N2O5/c1-8-26-12-10-11-22(16(6)23)15(5)19(24)17-13(3)18(20(25)27-9-2)21(7)14(17)4/h15H,8-12H2,1-7H3. The maximum absolute atomic E-state index is 13.2. The second-order valence-corrected chi connectivity index (χ2v) is 6.52. The molecular formula is C20H32N2O5. The molecule has 0 N–H and O–H groups in total. The first-order chi connectivity index (χ1) is 12.7. The Morgan fingerprint density at radius 1 is 1.15 bits per heavy atom. The summed E-state index contributed by atoms with van der Waals surface area (Å²) in [5.41, 5.74) is 2.12. The van der Waals surface area contributed by atoms with E-state index in [9.17, 15) is 14.4 Å². The van der Waals surface area contributed by atoms with E-state index in [-0.39, 0.29) is 18.3 Å². The molecule has 1 aromatic heterocycles. The van der Waals surface area contributed by atoms with Gasteiger partial charge in [0.15, 0.2) is 5.78 Å². The van der Waals surface area contributed by atoms with Crippen LogP contribution in [0.3, 0.4) is 0 Å². The number of aromatic nitrogens is 1. The minimum atomic E-state index is -0.626. The molecule has 0 aliphatic rings. The van der Waals surface area contributed by atoms with Gasteiger partial charge in [-0.2, -0.15) is 0 Å². The zero-order chi connectivity index (χ0) is 20.7. The number of Topliss-reactive ketones (excluding diaryl/α,β-unsaturated/α-hetero) is 1. The van der Waals surface area contributed by atoms with Gasteiger partial charge < -0.3 is 18.9 Å². The number of rotatable bonds is 10. The summed E-state index contributed by atoms with van der Waals surface area (Å²) in [5.74, 6) is -0.792. The zero-order valence-electron chi connectivity index (χ0n) is 17.5. The number of nitrogens with zero attached hydrogens (tertiary/aromatic N) is 2. The molecule has 0 fully saturated rings. The molecule has 0 saturated heterocycles. The van der Waals surface area contributed by atoms with Gasteiger partial charge >= 0.3 is 5.97 Å². The lowest BCUT2D eigenvalue weighted by Gasteiger charge is -2.27. The molecule has 0 bridgehead atoms. The normalized spacial score (nSPS) is 12.0. The first-order valence-electron chi connectivity index (χ1n) is 9.41. The van der Waals surface area contributed by atoms with Crippen LogP contribution in [0, 0.1) is 13.8 Å². The monoisotopic (exact) mass is 380 g/mol. The Morgan fingerprint density at radius 2 is 1.78 bits per heavy atom.